The number of pyridine rings is 1. The number of piperazine rings is 1. The van der Waals surface area contributed by atoms with Crippen molar-refractivity contribution in [3.63, 3.8) is 0 Å². The number of nitrogens with one attached hydrogen (secondary N) is 1. The zero-order valence-corrected chi connectivity index (χ0v) is 27.3. The van der Waals surface area contributed by atoms with E-state index in [9.17, 15) is 44.1 Å². The van der Waals surface area contributed by atoms with Gasteiger partial charge in [-0.15, -0.1) is 11.8 Å². The van der Waals surface area contributed by atoms with Crippen LogP contribution in [0.2, 0.25) is 0 Å². The molecule has 2 unspecified atom stereocenters. The summed E-state index contributed by atoms with van der Waals surface area (Å²) in [4.78, 5) is 80.1. The molecule has 0 bridgehead atoms. The Hall–Kier alpha value is -5.22. The van der Waals surface area contributed by atoms with Gasteiger partial charge in [-0.05, 0) is 36.1 Å². The highest BCUT2D eigenvalue weighted by Gasteiger charge is 2.55. The summed E-state index contributed by atoms with van der Waals surface area (Å²) in [5, 5.41) is 31.2. The minimum absolute atomic E-state index is 0.0122. The van der Waals surface area contributed by atoms with Crippen LogP contribution in [-0.2, 0) is 19.2 Å². The lowest BCUT2D eigenvalue weighted by Gasteiger charge is -2.50. The lowest BCUT2D eigenvalue weighted by Crippen LogP contribution is -2.71. The summed E-state index contributed by atoms with van der Waals surface area (Å²) >= 11 is 1.28. The maximum Gasteiger partial charge on any atom is 0.352 e. The number of amides is 2. The predicted molar refractivity (Wildman–Crippen MR) is 179 cm³/mol. The van der Waals surface area contributed by atoms with Gasteiger partial charge in [-0.2, -0.15) is 0 Å². The van der Waals surface area contributed by atoms with Crippen LogP contribution < -0.4 is 15.6 Å². The van der Waals surface area contributed by atoms with E-state index in [0.717, 1.165) is 23.8 Å². The van der Waals surface area contributed by atoms with Gasteiger partial charge in [-0.3, -0.25) is 29.0 Å². The van der Waals surface area contributed by atoms with E-state index in [1.54, 1.807) is 28.8 Å². The molecule has 7 rings (SSSR count). The van der Waals surface area contributed by atoms with Crippen LogP contribution in [-0.4, -0.2) is 109 Å². The SMILES string of the molecule is O=C(O)C1=C(CN2CCN(c3cc4c(cc3F)c(=O)c(C(=O)O)cn4C3CC3)CC2)CS[C@@H]2C(NC(=O)C(C(=O)O)c3ccccc3)C(=O)N12. The van der Waals surface area contributed by atoms with E-state index in [1.165, 1.54) is 30.1 Å². The molecule has 3 aliphatic heterocycles. The topological polar surface area (TPSA) is 190 Å². The number of hydrogen-bond acceptors (Lipinski definition) is 9. The number of carboxylic acid groups (broad SMARTS) is 3. The molecule has 260 valence electrons. The molecule has 4 N–H and O–H groups in total. The molecule has 1 aromatic heterocycles. The number of fused-ring (bicyclic) bond motifs is 2. The first-order chi connectivity index (χ1) is 23.9. The Morgan fingerprint density at radius 1 is 0.960 bits per heavy atom. The van der Waals surface area contributed by atoms with Crippen LogP contribution in [0.15, 0.2) is 64.7 Å². The van der Waals surface area contributed by atoms with Gasteiger partial charge in [0.2, 0.25) is 11.3 Å². The summed E-state index contributed by atoms with van der Waals surface area (Å²) in [5.74, 6) is -7.45. The van der Waals surface area contributed by atoms with Crippen molar-refractivity contribution in [2.24, 2.45) is 0 Å². The van der Waals surface area contributed by atoms with Gasteiger partial charge in [0.25, 0.3) is 5.91 Å². The van der Waals surface area contributed by atoms with Crippen molar-refractivity contribution < 1.29 is 43.7 Å². The monoisotopic (exact) mass is 705 g/mol. The van der Waals surface area contributed by atoms with Gasteiger partial charge in [0, 0.05) is 56.1 Å². The maximum absolute atomic E-state index is 15.5. The third kappa shape index (κ3) is 5.87. The molecule has 0 spiro atoms. The van der Waals surface area contributed by atoms with E-state index in [2.05, 4.69) is 5.32 Å². The number of β-lactam (4-membered cyclic amide) rings is 1. The Morgan fingerprint density at radius 2 is 1.66 bits per heavy atom. The molecule has 2 amide bonds. The molecular weight excluding hydrogens is 673 g/mol. The van der Waals surface area contributed by atoms with Gasteiger partial charge in [0.15, 0.2) is 5.92 Å². The standard InChI is InChI=1S/C34H32FN5O9S/c35-22-12-20-23(39(19-6-7-19)15-21(28(20)41)32(44)45)13-24(22)38-10-8-37(9-11-38)14-18-16-50-31-26(30(43)40(31)27(18)34(48)49)36-29(42)25(33(46)47)17-4-2-1-3-5-17/h1-5,12-13,15,19,25-26,31H,6-11,14,16H2,(H,36,42)(H,44,45)(H,46,47)(H,48,49)/t25?,26?,31-/m1/s1. The smallest absolute Gasteiger partial charge is 0.352 e. The quantitative estimate of drug-likeness (QED) is 0.177. The predicted octanol–water partition coefficient (Wildman–Crippen LogP) is 1.90. The summed E-state index contributed by atoms with van der Waals surface area (Å²) in [5.41, 5.74) is 0.220. The number of benzene rings is 2. The molecule has 3 aromatic rings. The Balaban J connectivity index is 1.04. The van der Waals surface area contributed by atoms with Gasteiger partial charge in [-0.1, -0.05) is 30.3 Å². The number of carboxylic acids is 3. The molecule has 50 heavy (non-hydrogen) atoms. The molecule has 3 atom stereocenters. The van der Waals surface area contributed by atoms with Crippen LogP contribution in [0.5, 0.6) is 0 Å². The van der Waals surface area contributed by atoms with Crippen LogP contribution in [0.4, 0.5) is 10.1 Å². The first kappa shape index (κ1) is 33.3. The highest BCUT2D eigenvalue weighted by molar-refractivity contribution is 8.00. The number of carbonyl (C=O) groups is 5. The molecular formula is C34H32FN5O9S. The van der Waals surface area contributed by atoms with Gasteiger partial charge in [0.1, 0.15) is 28.5 Å². The second-order valence-electron chi connectivity index (χ2n) is 12.7. The fourth-order valence-electron chi connectivity index (χ4n) is 6.92. The largest absolute Gasteiger partial charge is 0.480 e. The number of rotatable bonds is 10. The van der Waals surface area contributed by atoms with Gasteiger partial charge >= 0.3 is 17.9 Å². The molecule has 4 aliphatic rings. The number of aliphatic carboxylic acids is 2. The second kappa shape index (κ2) is 12.9. The zero-order valence-electron chi connectivity index (χ0n) is 26.5. The number of thioether (sulfide) groups is 1. The van der Waals surface area contributed by atoms with Crippen molar-refractivity contribution in [1.82, 2.24) is 19.7 Å². The molecule has 3 fully saturated rings. The molecule has 1 saturated carbocycles. The lowest BCUT2D eigenvalue weighted by molar-refractivity contribution is -0.152. The number of carbonyl (C=O) groups excluding carboxylic acids is 2. The third-order valence-corrected chi connectivity index (χ3v) is 10.9. The van der Waals surface area contributed by atoms with Crippen molar-refractivity contribution in [2.75, 3.05) is 43.4 Å². The fraction of sp³-hybridized carbons (Fsp3) is 0.353. The van der Waals surface area contributed by atoms with E-state index in [-0.39, 0.29) is 40.7 Å². The first-order valence-electron chi connectivity index (χ1n) is 16.0. The number of halogens is 1. The minimum Gasteiger partial charge on any atom is -0.480 e. The molecule has 2 aromatic carbocycles. The number of nitrogens with zero attached hydrogens (tertiary/aromatic N) is 4. The molecule has 14 nitrogen and oxygen atoms in total. The first-order valence-corrected chi connectivity index (χ1v) is 17.1. The number of aromatic carboxylic acids is 1. The Labute approximate surface area is 287 Å². The van der Waals surface area contributed by atoms with Gasteiger partial charge < -0.3 is 30.1 Å². The van der Waals surface area contributed by atoms with Crippen LogP contribution in [0.3, 0.4) is 0 Å². The lowest BCUT2D eigenvalue weighted by atomic mass is 9.96. The molecule has 4 heterocycles. The second-order valence-corrected chi connectivity index (χ2v) is 13.8. The normalized spacial score (nSPS) is 21.4. The summed E-state index contributed by atoms with van der Waals surface area (Å²) in [6, 6.07) is 9.56. The van der Waals surface area contributed by atoms with Crippen LogP contribution in [0.1, 0.15) is 40.7 Å². The Kier molecular flexibility index (Phi) is 8.59. The van der Waals surface area contributed by atoms with Crippen molar-refractivity contribution >= 4 is 58.1 Å². The van der Waals surface area contributed by atoms with Crippen LogP contribution in [0.25, 0.3) is 10.9 Å². The Morgan fingerprint density at radius 3 is 2.28 bits per heavy atom. The molecule has 2 saturated heterocycles. The molecule has 16 heteroatoms. The van der Waals surface area contributed by atoms with E-state index in [4.69, 9.17) is 0 Å². The van der Waals surface area contributed by atoms with Crippen molar-refractivity contribution in [3.8, 4) is 0 Å². The highest BCUT2D eigenvalue weighted by atomic mass is 32.2. The maximum atomic E-state index is 15.5. The average Bonchev–Trinajstić information content (AvgIpc) is 3.93. The van der Waals surface area contributed by atoms with Crippen molar-refractivity contribution in [2.45, 2.75) is 36.2 Å². The van der Waals surface area contributed by atoms with E-state index < -0.39 is 63.9 Å². The van der Waals surface area contributed by atoms with Crippen LogP contribution in [0, 0.1) is 5.82 Å². The fourth-order valence-corrected chi connectivity index (χ4v) is 8.25. The summed E-state index contributed by atoms with van der Waals surface area (Å²) in [6.45, 7) is 1.90. The third-order valence-electron chi connectivity index (χ3n) is 9.59. The zero-order chi connectivity index (χ0) is 35.4. The van der Waals surface area contributed by atoms with Crippen molar-refractivity contribution in [1.29, 1.82) is 0 Å². The number of hydrogen-bond donors (Lipinski definition) is 4. The number of aromatic nitrogens is 1. The number of anilines is 1. The van der Waals surface area contributed by atoms with E-state index in [1.807, 2.05) is 9.80 Å². The summed E-state index contributed by atoms with van der Waals surface area (Å²) in [6.07, 6.45) is 2.99. The van der Waals surface area contributed by atoms with Gasteiger partial charge in [0.05, 0.1) is 11.2 Å². The van der Waals surface area contributed by atoms with E-state index in [0.29, 0.717) is 37.3 Å². The summed E-state index contributed by atoms with van der Waals surface area (Å²) < 4.78 is 17.2. The Bertz CT molecular complexity index is 2040. The molecule has 0 radical (unpaired) electrons. The van der Waals surface area contributed by atoms with E-state index >= 15 is 4.39 Å². The minimum atomic E-state index is -1.54. The average molecular weight is 706 g/mol. The highest BCUT2D eigenvalue weighted by Crippen LogP contribution is 2.41. The molecule has 1 aliphatic carbocycles. The van der Waals surface area contributed by atoms with Crippen molar-refractivity contribution in [3.05, 3.63) is 87.1 Å². The van der Waals surface area contributed by atoms with Crippen LogP contribution >= 0.6 is 11.8 Å². The summed E-state index contributed by atoms with van der Waals surface area (Å²) in [7, 11) is 0. The van der Waals surface area contributed by atoms with Gasteiger partial charge in [-0.25, -0.2) is 14.0 Å².